The normalized spacial score (nSPS) is 53.5. The molecular formula is C10H17Br. The molecule has 0 saturated heterocycles. The maximum atomic E-state index is 3.83. The van der Waals surface area contributed by atoms with Crippen molar-refractivity contribution in [2.45, 2.75) is 44.9 Å². The monoisotopic (exact) mass is 216 g/mol. The molecule has 2 aliphatic carbocycles. The molecule has 2 saturated carbocycles. The van der Waals surface area contributed by atoms with E-state index >= 15 is 0 Å². The summed E-state index contributed by atoms with van der Waals surface area (Å²) < 4.78 is 0. The van der Waals surface area contributed by atoms with Gasteiger partial charge in [0, 0.05) is 4.83 Å². The van der Waals surface area contributed by atoms with Gasteiger partial charge >= 0.3 is 0 Å². The molecule has 0 radical (unpaired) electrons. The summed E-state index contributed by atoms with van der Waals surface area (Å²) in [5, 5.41) is 0. The van der Waals surface area contributed by atoms with Crippen molar-refractivity contribution >= 4 is 15.9 Å². The van der Waals surface area contributed by atoms with Crippen LogP contribution in [0.5, 0.6) is 0 Å². The Morgan fingerprint density at radius 3 is 2.09 bits per heavy atom. The van der Waals surface area contributed by atoms with Gasteiger partial charge in [-0.1, -0.05) is 36.7 Å². The highest BCUT2D eigenvalue weighted by Gasteiger charge is 2.60. The maximum Gasteiger partial charge on any atom is 0.0207 e. The Bertz CT molecular complexity index is 185. The molecule has 2 unspecified atom stereocenters. The fourth-order valence-corrected chi connectivity index (χ4v) is 4.38. The Kier molecular flexibility index (Phi) is 1.50. The van der Waals surface area contributed by atoms with E-state index in [1.54, 1.807) is 0 Å². The molecule has 0 heterocycles. The number of halogens is 1. The molecule has 0 aromatic heterocycles. The Labute approximate surface area is 77.9 Å². The summed E-state index contributed by atoms with van der Waals surface area (Å²) >= 11 is 3.83. The van der Waals surface area contributed by atoms with Crippen LogP contribution in [-0.4, -0.2) is 4.83 Å². The number of fused-ring (bicyclic) bond motifs is 2. The Balaban J connectivity index is 2.40. The molecule has 1 heteroatoms. The minimum Gasteiger partial charge on any atom is -0.0884 e. The standard InChI is InChI=1S/C10H17Br/c1-9(2)7-4-5-10(9,3)8(11)6-7/h7-8H,4-6H2,1-3H3/t7?,8-,10?/m0/s1. The van der Waals surface area contributed by atoms with Gasteiger partial charge in [0.2, 0.25) is 0 Å². The molecule has 0 aromatic carbocycles. The van der Waals surface area contributed by atoms with Gasteiger partial charge in [0.25, 0.3) is 0 Å². The van der Waals surface area contributed by atoms with Crippen molar-refractivity contribution in [3.8, 4) is 0 Å². The minimum atomic E-state index is 0.581. The van der Waals surface area contributed by atoms with Crippen molar-refractivity contribution in [1.29, 1.82) is 0 Å². The van der Waals surface area contributed by atoms with E-state index in [9.17, 15) is 0 Å². The Hall–Kier alpha value is 0.480. The smallest absolute Gasteiger partial charge is 0.0207 e. The highest BCUT2D eigenvalue weighted by atomic mass is 79.9. The SMILES string of the molecule is CC1(C)C2CCC1(C)[C@@H](Br)C2. The van der Waals surface area contributed by atoms with Gasteiger partial charge < -0.3 is 0 Å². The second kappa shape index (κ2) is 2.04. The van der Waals surface area contributed by atoms with Crippen molar-refractivity contribution in [1.82, 2.24) is 0 Å². The van der Waals surface area contributed by atoms with Gasteiger partial charge in [-0.2, -0.15) is 0 Å². The van der Waals surface area contributed by atoms with Crippen LogP contribution in [0.3, 0.4) is 0 Å². The molecule has 0 nitrogen and oxygen atoms in total. The molecule has 0 aromatic rings. The van der Waals surface area contributed by atoms with E-state index in [-0.39, 0.29) is 0 Å². The lowest BCUT2D eigenvalue weighted by molar-refractivity contribution is 0.158. The first-order chi connectivity index (χ1) is 4.98. The summed E-state index contributed by atoms with van der Waals surface area (Å²) in [5.41, 5.74) is 1.17. The average Bonchev–Trinajstić information content (AvgIpc) is 2.20. The summed E-state index contributed by atoms with van der Waals surface area (Å²) in [6, 6.07) is 0. The fraction of sp³-hybridized carbons (Fsp3) is 1.00. The minimum absolute atomic E-state index is 0.581. The van der Waals surface area contributed by atoms with Crippen LogP contribution in [0.1, 0.15) is 40.0 Å². The van der Waals surface area contributed by atoms with Crippen LogP contribution in [0.4, 0.5) is 0 Å². The average molecular weight is 217 g/mol. The van der Waals surface area contributed by atoms with E-state index in [0.717, 1.165) is 10.7 Å². The fourth-order valence-electron chi connectivity index (χ4n) is 3.11. The van der Waals surface area contributed by atoms with Crippen LogP contribution in [0.2, 0.25) is 0 Å². The molecule has 0 aliphatic heterocycles. The van der Waals surface area contributed by atoms with Gasteiger partial charge in [0.05, 0.1) is 0 Å². The Morgan fingerprint density at radius 2 is 1.91 bits per heavy atom. The van der Waals surface area contributed by atoms with Gasteiger partial charge in [-0.25, -0.2) is 0 Å². The van der Waals surface area contributed by atoms with Gasteiger partial charge in [0.15, 0.2) is 0 Å². The molecular weight excluding hydrogens is 200 g/mol. The first-order valence-corrected chi connectivity index (χ1v) is 5.54. The van der Waals surface area contributed by atoms with Crippen molar-refractivity contribution in [2.75, 3.05) is 0 Å². The molecule has 0 spiro atoms. The van der Waals surface area contributed by atoms with E-state index < -0.39 is 0 Å². The second-order valence-electron chi connectivity index (χ2n) is 5.08. The van der Waals surface area contributed by atoms with Crippen LogP contribution in [0.25, 0.3) is 0 Å². The topological polar surface area (TPSA) is 0 Å². The van der Waals surface area contributed by atoms with Gasteiger partial charge in [-0.15, -0.1) is 0 Å². The number of hydrogen-bond acceptors (Lipinski definition) is 0. The zero-order chi connectivity index (χ0) is 8.28. The van der Waals surface area contributed by atoms with E-state index in [2.05, 4.69) is 36.7 Å². The molecule has 0 amide bonds. The second-order valence-corrected chi connectivity index (χ2v) is 6.18. The van der Waals surface area contributed by atoms with Crippen molar-refractivity contribution < 1.29 is 0 Å². The van der Waals surface area contributed by atoms with E-state index in [4.69, 9.17) is 0 Å². The molecule has 64 valence electrons. The highest BCUT2D eigenvalue weighted by Crippen LogP contribution is 2.67. The number of rotatable bonds is 0. The van der Waals surface area contributed by atoms with Gasteiger partial charge in [0.1, 0.15) is 0 Å². The van der Waals surface area contributed by atoms with Crippen LogP contribution in [-0.2, 0) is 0 Å². The van der Waals surface area contributed by atoms with E-state index in [0.29, 0.717) is 10.8 Å². The lowest BCUT2D eigenvalue weighted by atomic mass is 9.71. The third-order valence-electron chi connectivity index (χ3n) is 4.69. The maximum absolute atomic E-state index is 3.83. The van der Waals surface area contributed by atoms with Crippen molar-refractivity contribution in [3.63, 3.8) is 0 Å². The Morgan fingerprint density at radius 1 is 1.27 bits per heavy atom. The number of alkyl halides is 1. The lowest BCUT2D eigenvalue weighted by Gasteiger charge is -2.36. The van der Waals surface area contributed by atoms with Crippen LogP contribution in [0.15, 0.2) is 0 Å². The first-order valence-electron chi connectivity index (χ1n) is 4.62. The van der Waals surface area contributed by atoms with Crippen LogP contribution < -0.4 is 0 Å². The summed E-state index contributed by atoms with van der Waals surface area (Å²) in [5.74, 6) is 0.983. The molecule has 3 atom stereocenters. The van der Waals surface area contributed by atoms with Gasteiger partial charge in [-0.05, 0) is 36.0 Å². The van der Waals surface area contributed by atoms with Crippen LogP contribution >= 0.6 is 15.9 Å². The molecule has 2 fully saturated rings. The zero-order valence-corrected chi connectivity index (χ0v) is 9.24. The molecule has 0 N–H and O–H groups in total. The third kappa shape index (κ3) is 0.760. The summed E-state index contributed by atoms with van der Waals surface area (Å²) in [6.07, 6.45) is 4.30. The summed E-state index contributed by atoms with van der Waals surface area (Å²) in [4.78, 5) is 0.781. The highest BCUT2D eigenvalue weighted by molar-refractivity contribution is 9.09. The number of hydrogen-bond donors (Lipinski definition) is 0. The predicted molar refractivity (Wildman–Crippen MR) is 51.9 cm³/mol. The zero-order valence-electron chi connectivity index (χ0n) is 7.65. The third-order valence-corrected chi connectivity index (χ3v) is 6.07. The quantitative estimate of drug-likeness (QED) is 0.544. The summed E-state index contributed by atoms with van der Waals surface area (Å²) in [7, 11) is 0. The summed E-state index contributed by atoms with van der Waals surface area (Å²) in [6.45, 7) is 7.36. The lowest BCUT2D eigenvalue weighted by Crippen LogP contribution is -2.32. The molecule has 2 bridgehead atoms. The molecule has 2 aliphatic rings. The molecule has 11 heavy (non-hydrogen) atoms. The largest absolute Gasteiger partial charge is 0.0884 e. The predicted octanol–water partition coefficient (Wildman–Crippen LogP) is 3.60. The van der Waals surface area contributed by atoms with Crippen molar-refractivity contribution in [2.24, 2.45) is 16.7 Å². The first kappa shape index (κ1) is 8.10. The van der Waals surface area contributed by atoms with Crippen molar-refractivity contribution in [3.05, 3.63) is 0 Å². The van der Waals surface area contributed by atoms with E-state index in [1.165, 1.54) is 19.3 Å². The van der Waals surface area contributed by atoms with Gasteiger partial charge in [-0.3, -0.25) is 0 Å². The molecule has 2 rings (SSSR count). The van der Waals surface area contributed by atoms with Crippen LogP contribution in [0, 0.1) is 16.7 Å². The van der Waals surface area contributed by atoms with E-state index in [1.807, 2.05) is 0 Å².